The van der Waals surface area contributed by atoms with Crippen molar-refractivity contribution in [3.8, 4) is 0 Å². The molecule has 0 aromatic carbocycles. The molecule has 0 radical (unpaired) electrons. The van der Waals surface area contributed by atoms with E-state index in [9.17, 15) is 0 Å². The molecule has 0 bridgehead atoms. The first kappa shape index (κ1) is 14.6. The molecule has 1 atom stereocenters. The van der Waals surface area contributed by atoms with Gasteiger partial charge in [0.2, 0.25) is 0 Å². The van der Waals surface area contributed by atoms with Crippen LogP contribution in [-0.2, 0) is 7.05 Å². The summed E-state index contributed by atoms with van der Waals surface area (Å²) in [5.74, 6) is 0. The minimum absolute atomic E-state index is 0.589. The van der Waals surface area contributed by atoms with Gasteiger partial charge >= 0.3 is 0 Å². The molecule has 0 fully saturated rings. The number of rotatable bonds is 8. The molecule has 0 aliphatic heterocycles. The van der Waals surface area contributed by atoms with Crippen LogP contribution >= 0.6 is 11.8 Å². The predicted molar refractivity (Wildman–Crippen MR) is 75.7 cm³/mol. The maximum Gasteiger partial charge on any atom is 0.0942 e. The van der Waals surface area contributed by atoms with Crippen LogP contribution in [-0.4, -0.2) is 28.1 Å². The molecule has 0 saturated carbocycles. The van der Waals surface area contributed by atoms with Crippen LogP contribution in [0.1, 0.15) is 38.8 Å². The Hall–Kier alpha value is -0.480. The van der Waals surface area contributed by atoms with Crippen molar-refractivity contribution >= 4 is 11.8 Å². The summed E-state index contributed by atoms with van der Waals surface area (Å²) in [5, 5.41) is 9.72. The van der Waals surface area contributed by atoms with Crippen LogP contribution in [0.5, 0.6) is 0 Å². The summed E-state index contributed by atoms with van der Waals surface area (Å²) in [4.78, 5) is 0. The molecule has 1 unspecified atom stereocenters. The largest absolute Gasteiger partial charge is 0.316 e. The van der Waals surface area contributed by atoms with Crippen molar-refractivity contribution in [2.45, 2.75) is 50.3 Å². The molecular weight excluding hydrogens is 230 g/mol. The molecule has 1 N–H and O–H groups in total. The van der Waals surface area contributed by atoms with Gasteiger partial charge in [-0.3, -0.25) is 4.68 Å². The van der Waals surface area contributed by atoms with Crippen molar-refractivity contribution < 1.29 is 0 Å². The molecule has 0 aliphatic rings. The molecular formula is C13H25N3S. The third kappa shape index (κ3) is 5.59. The Balaban J connectivity index is 2.20. The molecule has 0 saturated heterocycles. The van der Waals surface area contributed by atoms with Crippen molar-refractivity contribution in [3.05, 3.63) is 11.8 Å². The number of hydrogen-bond acceptors (Lipinski definition) is 3. The molecule has 0 spiro atoms. The fourth-order valence-corrected chi connectivity index (χ4v) is 2.80. The molecule has 1 heterocycles. The summed E-state index contributed by atoms with van der Waals surface area (Å²) in [6.45, 7) is 8.75. The van der Waals surface area contributed by atoms with E-state index in [0.29, 0.717) is 5.25 Å². The second-order valence-electron chi connectivity index (χ2n) is 4.59. The van der Waals surface area contributed by atoms with E-state index >= 15 is 0 Å². The molecule has 3 nitrogen and oxygen atoms in total. The Kier molecular flexibility index (Phi) is 6.66. The minimum atomic E-state index is 0.589. The first-order valence-corrected chi connectivity index (χ1v) is 7.39. The Morgan fingerprint density at radius 1 is 1.47 bits per heavy atom. The Morgan fingerprint density at radius 2 is 2.24 bits per heavy atom. The quantitative estimate of drug-likeness (QED) is 0.572. The van der Waals surface area contributed by atoms with Crippen molar-refractivity contribution in [3.63, 3.8) is 0 Å². The number of aryl methyl sites for hydroxylation is 2. The second kappa shape index (κ2) is 7.77. The van der Waals surface area contributed by atoms with E-state index in [1.807, 2.05) is 30.4 Å². The summed E-state index contributed by atoms with van der Waals surface area (Å²) < 4.78 is 1.97. The lowest BCUT2D eigenvalue weighted by atomic mass is 10.2. The van der Waals surface area contributed by atoms with Gasteiger partial charge in [0, 0.05) is 18.8 Å². The average molecular weight is 255 g/mol. The first-order chi connectivity index (χ1) is 8.13. The van der Waals surface area contributed by atoms with Crippen molar-refractivity contribution in [1.29, 1.82) is 0 Å². The zero-order valence-electron chi connectivity index (χ0n) is 11.5. The van der Waals surface area contributed by atoms with E-state index in [4.69, 9.17) is 0 Å². The topological polar surface area (TPSA) is 29.9 Å². The molecule has 0 aliphatic carbocycles. The predicted octanol–water partition coefficient (Wildman–Crippen LogP) is 2.99. The van der Waals surface area contributed by atoms with Crippen LogP contribution in [0.2, 0.25) is 0 Å². The Bertz CT molecular complexity index is 322. The van der Waals surface area contributed by atoms with Crippen molar-refractivity contribution in [2.24, 2.45) is 7.05 Å². The van der Waals surface area contributed by atoms with Crippen LogP contribution in [0.3, 0.4) is 0 Å². The van der Waals surface area contributed by atoms with Crippen LogP contribution < -0.4 is 5.32 Å². The molecule has 1 aromatic heterocycles. The number of nitrogens with one attached hydrogen (secondary N) is 1. The van der Waals surface area contributed by atoms with Gasteiger partial charge in [-0.15, -0.1) is 11.8 Å². The van der Waals surface area contributed by atoms with E-state index in [-0.39, 0.29) is 0 Å². The van der Waals surface area contributed by atoms with Gasteiger partial charge in [-0.25, -0.2) is 0 Å². The van der Waals surface area contributed by atoms with Crippen LogP contribution in [0.15, 0.2) is 11.1 Å². The number of thioether (sulfide) groups is 1. The number of hydrogen-bond donors (Lipinski definition) is 1. The Morgan fingerprint density at radius 3 is 2.82 bits per heavy atom. The van der Waals surface area contributed by atoms with Gasteiger partial charge in [0.05, 0.1) is 10.7 Å². The van der Waals surface area contributed by atoms with Gasteiger partial charge in [-0.2, -0.15) is 5.10 Å². The first-order valence-electron chi connectivity index (χ1n) is 6.51. The molecule has 98 valence electrons. The molecule has 4 heteroatoms. The number of unbranched alkanes of at least 4 members (excludes halogenated alkanes) is 2. The summed E-state index contributed by atoms with van der Waals surface area (Å²) in [6, 6.07) is 2.15. The van der Waals surface area contributed by atoms with Crippen molar-refractivity contribution in [1.82, 2.24) is 15.1 Å². The third-order valence-electron chi connectivity index (χ3n) is 2.67. The highest BCUT2D eigenvalue weighted by molar-refractivity contribution is 7.99. The third-order valence-corrected chi connectivity index (χ3v) is 3.86. The van der Waals surface area contributed by atoms with E-state index in [0.717, 1.165) is 18.8 Å². The highest BCUT2D eigenvalue weighted by Crippen LogP contribution is 2.22. The van der Waals surface area contributed by atoms with Gasteiger partial charge in [-0.1, -0.05) is 26.7 Å². The van der Waals surface area contributed by atoms with E-state index < -0.39 is 0 Å². The summed E-state index contributed by atoms with van der Waals surface area (Å²) in [5.41, 5.74) is 1.10. The van der Waals surface area contributed by atoms with Gasteiger partial charge in [0.25, 0.3) is 0 Å². The minimum Gasteiger partial charge on any atom is -0.316 e. The summed E-state index contributed by atoms with van der Waals surface area (Å²) in [6.07, 6.45) is 3.91. The highest BCUT2D eigenvalue weighted by atomic mass is 32.2. The lowest BCUT2D eigenvalue weighted by Gasteiger charge is -2.12. The fraction of sp³-hybridized carbons (Fsp3) is 0.769. The van der Waals surface area contributed by atoms with E-state index in [1.165, 1.54) is 24.3 Å². The number of nitrogens with zero attached hydrogens (tertiary/aromatic N) is 2. The maximum atomic E-state index is 4.36. The van der Waals surface area contributed by atoms with Gasteiger partial charge < -0.3 is 5.32 Å². The molecule has 1 rings (SSSR count). The summed E-state index contributed by atoms with van der Waals surface area (Å²) in [7, 11) is 2.01. The normalized spacial score (nSPS) is 12.9. The number of aromatic nitrogens is 2. The van der Waals surface area contributed by atoms with Gasteiger partial charge in [0.1, 0.15) is 0 Å². The molecule has 17 heavy (non-hydrogen) atoms. The molecule has 1 aromatic rings. The monoisotopic (exact) mass is 255 g/mol. The average Bonchev–Trinajstić information content (AvgIpc) is 2.57. The van der Waals surface area contributed by atoms with Gasteiger partial charge in [-0.05, 0) is 26.0 Å². The summed E-state index contributed by atoms with van der Waals surface area (Å²) >= 11 is 1.89. The second-order valence-corrected chi connectivity index (χ2v) is 6.05. The lowest BCUT2D eigenvalue weighted by molar-refractivity contribution is 0.614. The SMILES string of the molecule is CCCCCNCC(C)Sc1cc(C)nn1C. The molecule has 0 amide bonds. The fourth-order valence-electron chi connectivity index (χ4n) is 1.75. The highest BCUT2D eigenvalue weighted by Gasteiger charge is 2.08. The van der Waals surface area contributed by atoms with Gasteiger partial charge in [0.15, 0.2) is 0 Å². The van der Waals surface area contributed by atoms with Crippen molar-refractivity contribution in [2.75, 3.05) is 13.1 Å². The standard InChI is InChI=1S/C13H25N3S/c1-5-6-7-8-14-10-12(3)17-13-9-11(2)15-16(13)4/h9,12,14H,5-8,10H2,1-4H3. The van der Waals surface area contributed by atoms with E-state index in [1.54, 1.807) is 0 Å². The Labute approximate surface area is 109 Å². The zero-order chi connectivity index (χ0) is 12.7. The van der Waals surface area contributed by atoms with Crippen LogP contribution in [0.4, 0.5) is 0 Å². The van der Waals surface area contributed by atoms with E-state index in [2.05, 4.69) is 30.3 Å². The zero-order valence-corrected chi connectivity index (χ0v) is 12.3. The lowest BCUT2D eigenvalue weighted by Crippen LogP contribution is -2.23. The van der Waals surface area contributed by atoms with Crippen LogP contribution in [0.25, 0.3) is 0 Å². The van der Waals surface area contributed by atoms with Crippen LogP contribution in [0, 0.1) is 6.92 Å². The smallest absolute Gasteiger partial charge is 0.0942 e. The maximum absolute atomic E-state index is 4.36.